The molecule has 0 saturated heterocycles. The van der Waals surface area contributed by atoms with E-state index in [-0.39, 0.29) is 11.2 Å². The van der Waals surface area contributed by atoms with Crippen LogP contribution in [0.5, 0.6) is 5.75 Å². The van der Waals surface area contributed by atoms with Gasteiger partial charge in [0.25, 0.3) is 11.2 Å². The maximum Gasteiger partial charge on any atom is 0.273 e. The lowest BCUT2D eigenvalue weighted by Gasteiger charge is -2.13. The van der Waals surface area contributed by atoms with Crippen LogP contribution in [-0.2, 0) is 11.3 Å². The predicted octanol–water partition coefficient (Wildman–Crippen LogP) is 3.51. The second-order valence-corrected chi connectivity index (χ2v) is 7.23. The first-order valence-electron chi connectivity index (χ1n) is 9.08. The fourth-order valence-electron chi connectivity index (χ4n) is 2.80. The number of rotatable bonds is 10. The van der Waals surface area contributed by atoms with E-state index in [0.29, 0.717) is 53.7 Å². The summed E-state index contributed by atoms with van der Waals surface area (Å²) in [6.45, 7) is 1.39. The van der Waals surface area contributed by atoms with Crippen LogP contribution in [0.2, 0.25) is 0 Å². The highest BCUT2D eigenvalue weighted by Gasteiger charge is 2.12. The van der Waals surface area contributed by atoms with Crippen molar-refractivity contribution in [1.82, 2.24) is 9.55 Å². The number of nitrogens with zero attached hydrogens (tertiary/aromatic N) is 3. The molecule has 3 rings (SSSR count). The molecule has 0 amide bonds. The van der Waals surface area contributed by atoms with Crippen LogP contribution in [0, 0.1) is 10.1 Å². The number of nitro groups is 1. The van der Waals surface area contributed by atoms with E-state index < -0.39 is 4.92 Å². The average Bonchev–Trinajstić information content (AvgIpc) is 2.73. The summed E-state index contributed by atoms with van der Waals surface area (Å²) < 4.78 is 12.4. The van der Waals surface area contributed by atoms with Gasteiger partial charge >= 0.3 is 0 Å². The third kappa shape index (κ3) is 5.33. The van der Waals surface area contributed by atoms with E-state index in [1.807, 2.05) is 18.2 Å². The molecule has 0 N–H and O–H groups in total. The maximum absolute atomic E-state index is 12.9. The highest BCUT2D eigenvalue weighted by Crippen LogP contribution is 2.21. The van der Waals surface area contributed by atoms with Gasteiger partial charge in [-0.2, -0.15) is 0 Å². The lowest BCUT2D eigenvalue weighted by Crippen LogP contribution is -2.24. The predicted molar refractivity (Wildman–Crippen MR) is 112 cm³/mol. The number of non-ortho nitro benzene ring substituents is 1. The van der Waals surface area contributed by atoms with Crippen LogP contribution in [0.1, 0.15) is 6.42 Å². The molecule has 0 aliphatic rings. The molecule has 0 aliphatic carbocycles. The van der Waals surface area contributed by atoms with Gasteiger partial charge in [0.2, 0.25) is 0 Å². The lowest BCUT2D eigenvalue weighted by molar-refractivity contribution is -0.384. The van der Waals surface area contributed by atoms with Crippen molar-refractivity contribution in [2.75, 3.05) is 26.1 Å². The van der Waals surface area contributed by atoms with E-state index in [1.54, 1.807) is 29.9 Å². The van der Waals surface area contributed by atoms with Gasteiger partial charge < -0.3 is 9.47 Å². The number of thioether (sulfide) groups is 1. The Morgan fingerprint density at radius 3 is 2.79 bits per heavy atom. The summed E-state index contributed by atoms with van der Waals surface area (Å²) in [6, 6.07) is 13.3. The molecule has 1 heterocycles. The van der Waals surface area contributed by atoms with Gasteiger partial charge in [-0.1, -0.05) is 30.0 Å². The van der Waals surface area contributed by atoms with Crippen molar-refractivity contribution in [3.8, 4) is 5.75 Å². The zero-order chi connectivity index (χ0) is 20.6. The summed E-state index contributed by atoms with van der Waals surface area (Å²) in [6.07, 6.45) is 0.703. The topological polar surface area (TPSA) is 96.5 Å². The molecule has 1 aromatic heterocycles. The van der Waals surface area contributed by atoms with Crippen molar-refractivity contribution in [3.63, 3.8) is 0 Å². The monoisotopic (exact) mass is 415 g/mol. The number of methoxy groups -OCH3 is 1. The summed E-state index contributed by atoms with van der Waals surface area (Å²) in [5.41, 5.74) is 0.565. The molecule has 9 heteroatoms. The van der Waals surface area contributed by atoms with Gasteiger partial charge in [-0.15, -0.1) is 0 Å². The number of hydrogen-bond donors (Lipinski definition) is 0. The van der Waals surface area contributed by atoms with Gasteiger partial charge in [0, 0.05) is 32.1 Å². The SMILES string of the molecule is COCCCn1c(SCCOc2cccc([N+](=O)[O-])c2)nc2ccccc2c1=O. The molecule has 0 saturated carbocycles. The van der Waals surface area contributed by atoms with Crippen molar-refractivity contribution in [3.05, 3.63) is 69.0 Å². The number of benzene rings is 2. The van der Waals surface area contributed by atoms with Crippen LogP contribution in [0.3, 0.4) is 0 Å². The van der Waals surface area contributed by atoms with Gasteiger partial charge in [-0.05, 0) is 24.6 Å². The Kier molecular flexibility index (Phi) is 7.20. The second-order valence-electron chi connectivity index (χ2n) is 6.17. The fraction of sp³-hybridized carbons (Fsp3) is 0.300. The van der Waals surface area contributed by atoms with Crippen molar-refractivity contribution in [1.29, 1.82) is 0 Å². The Balaban J connectivity index is 1.71. The first kappa shape index (κ1) is 20.8. The molecule has 2 aromatic carbocycles. The summed E-state index contributed by atoms with van der Waals surface area (Å²) >= 11 is 1.42. The van der Waals surface area contributed by atoms with Crippen molar-refractivity contribution >= 4 is 28.4 Å². The Labute approximate surface area is 171 Å². The Bertz CT molecular complexity index is 1050. The van der Waals surface area contributed by atoms with E-state index >= 15 is 0 Å². The number of nitro benzene ring substituents is 1. The summed E-state index contributed by atoms with van der Waals surface area (Å²) in [5.74, 6) is 0.973. The molecule has 0 unspecified atom stereocenters. The zero-order valence-corrected chi connectivity index (χ0v) is 16.8. The summed E-state index contributed by atoms with van der Waals surface area (Å²) in [7, 11) is 1.63. The van der Waals surface area contributed by atoms with Gasteiger partial charge in [-0.25, -0.2) is 4.98 Å². The minimum atomic E-state index is -0.459. The lowest BCUT2D eigenvalue weighted by atomic mass is 10.2. The van der Waals surface area contributed by atoms with Crippen LogP contribution in [0.4, 0.5) is 5.69 Å². The second kappa shape index (κ2) is 10.0. The molecule has 0 fully saturated rings. The minimum Gasteiger partial charge on any atom is -0.492 e. The first-order chi connectivity index (χ1) is 14.1. The van der Waals surface area contributed by atoms with Gasteiger partial charge in [0.1, 0.15) is 5.75 Å². The molecule has 0 radical (unpaired) electrons. The standard InChI is InChI=1S/C20H21N3O5S/c1-27-11-5-10-22-19(24)17-8-2-3-9-18(17)21-20(22)29-13-12-28-16-7-4-6-15(14-16)23(25)26/h2-4,6-9,14H,5,10-13H2,1H3. The molecule has 0 spiro atoms. The van der Waals surface area contributed by atoms with Gasteiger partial charge in [-0.3, -0.25) is 19.5 Å². The zero-order valence-electron chi connectivity index (χ0n) is 15.9. The van der Waals surface area contributed by atoms with Gasteiger partial charge in [0.15, 0.2) is 5.16 Å². The molecule has 0 atom stereocenters. The number of para-hydroxylation sites is 1. The highest BCUT2D eigenvalue weighted by molar-refractivity contribution is 7.99. The molecule has 0 bridgehead atoms. The van der Waals surface area contributed by atoms with Crippen LogP contribution < -0.4 is 10.3 Å². The Morgan fingerprint density at radius 2 is 2.00 bits per heavy atom. The van der Waals surface area contributed by atoms with Crippen LogP contribution in [0.25, 0.3) is 10.9 Å². The molecule has 8 nitrogen and oxygen atoms in total. The summed E-state index contributed by atoms with van der Waals surface area (Å²) in [4.78, 5) is 27.9. The average molecular weight is 415 g/mol. The maximum atomic E-state index is 12.9. The summed E-state index contributed by atoms with van der Waals surface area (Å²) in [5, 5.41) is 12.1. The quantitative estimate of drug-likeness (QED) is 0.164. The fourth-order valence-corrected chi connectivity index (χ4v) is 3.64. The smallest absolute Gasteiger partial charge is 0.273 e. The van der Waals surface area contributed by atoms with Crippen LogP contribution in [0.15, 0.2) is 58.5 Å². The molecule has 152 valence electrons. The van der Waals surface area contributed by atoms with Crippen LogP contribution >= 0.6 is 11.8 Å². The number of hydrogen-bond acceptors (Lipinski definition) is 7. The number of aromatic nitrogens is 2. The third-order valence-electron chi connectivity index (χ3n) is 4.17. The van der Waals surface area contributed by atoms with Crippen LogP contribution in [-0.4, -0.2) is 40.6 Å². The molecule has 3 aromatic rings. The highest BCUT2D eigenvalue weighted by atomic mass is 32.2. The molecule has 29 heavy (non-hydrogen) atoms. The van der Waals surface area contributed by atoms with Gasteiger partial charge in [0.05, 0.1) is 28.5 Å². The molecular formula is C20H21N3O5S. The first-order valence-corrected chi connectivity index (χ1v) is 10.1. The normalized spacial score (nSPS) is 10.9. The number of ether oxygens (including phenoxy) is 2. The van der Waals surface area contributed by atoms with E-state index in [9.17, 15) is 14.9 Å². The third-order valence-corrected chi connectivity index (χ3v) is 5.11. The molecular weight excluding hydrogens is 394 g/mol. The van der Waals surface area contributed by atoms with Crippen molar-refractivity contribution in [2.24, 2.45) is 0 Å². The van der Waals surface area contributed by atoms with E-state index in [1.165, 1.54) is 23.9 Å². The van der Waals surface area contributed by atoms with E-state index in [0.717, 1.165) is 0 Å². The number of fused-ring (bicyclic) bond motifs is 1. The van der Waals surface area contributed by atoms with E-state index in [2.05, 4.69) is 4.98 Å². The largest absolute Gasteiger partial charge is 0.492 e. The Morgan fingerprint density at radius 1 is 1.17 bits per heavy atom. The molecule has 0 aliphatic heterocycles. The minimum absolute atomic E-state index is 0.0154. The Hall–Kier alpha value is -2.91. The van der Waals surface area contributed by atoms with Crippen molar-refractivity contribution < 1.29 is 14.4 Å². The van der Waals surface area contributed by atoms with E-state index in [4.69, 9.17) is 9.47 Å². The van der Waals surface area contributed by atoms with Crippen molar-refractivity contribution in [2.45, 2.75) is 18.1 Å².